The van der Waals surface area contributed by atoms with Gasteiger partial charge in [0.05, 0.1) is 4.90 Å². The van der Waals surface area contributed by atoms with E-state index in [1.165, 1.54) is 4.31 Å². The largest absolute Gasteiger partial charge is 0.480 e. The van der Waals surface area contributed by atoms with Gasteiger partial charge < -0.3 is 15.7 Å². The molecule has 31 heavy (non-hydrogen) atoms. The second-order valence-corrected chi connectivity index (χ2v) is 9.51. The van der Waals surface area contributed by atoms with Crippen molar-refractivity contribution >= 4 is 21.9 Å². The van der Waals surface area contributed by atoms with Crippen molar-refractivity contribution in [2.45, 2.75) is 30.2 Å². The number of hydrogen-bond donors (Lipinski definition) is 2. The van der Waals surface area contributed by atoms with Gasteiger partial charge in [0, 0.05) is 32.6 Å². The number of hydrogen-bond acceptors (Lipinski definition) is 5. The van der Waals surface area contributed by atoms with Crippen LogP contribution in [0.4, 0.5) is 0 Å². The topological polar surface area (TPSA) is 121 Å². The molecule has 8 nitrogen and oxygen atoms in total. The van der Waals surface area contributed by atoms with Crippen molar-refractivity contribution in [1.82, 2.24) is 9.21 Å². The number of sulfonamides is 1. The third-order valence-electron chi connectivity index (χ3n) is 5.39. The highest BCUT2D eigenvalue weighted by atomic mass is 32.2. The second kappa shape index (κ2) is 10.0. The Balaban J connectivity index is 1.56. The van der Waals surface area contributed by atoms with Gasteiger partial charge in [-0.15, -0.1) is 0 Å². The number of nitrogens with zero attached hydrogens (tertiary/aromatic N) is 2. The average Bonchev–Trinajstić information content (AvgIpc) is 2.78. The van der Waals surface area contributed by atoms with Crippen LogP contribution in [0.2, 0.25) is 0 Å². The van der Waals surface area contributed by atoms with Gasteiger partial charge >= 0.3 is 5.97 Å². The molecule has 0 bridgehead atoms. The number of rotatable bonds is 8. The van der Waals surface area contributed by atoms with Gasteiger partial charge in [0.1, 0.15) is 6.04 Å². The van der Waals surface area contributed by atoms with Crippen molar-refractivity contribution in [3.8, 4) is 0 Å². The van der Waals surface area contributed by atoms with Crippen LogP contribution in [-0.2, 0) is 26.0 Å². The zero-order valence-corrected chi connectivity index (χ0v) is 18.0. The van der Waals surface area contributed by atoms with E-state index in [4.69, 9.17) is 10.8 Å². The van der Waals surface area contributed by atoms with E-state index in [1.807, 2.05) is 42.5 Å². The lowest BCUT2D eigenvalue weighted by Gasteiger charge is -2.34. The molecule has 2 aromatic carbocycles. The molecule has 1 amide bonds. The Morgan fingerprint density at radius 3 is 2.10 bits per heavy atom. The molecule has 0 saturated carbocycles. The molecular formula is C22H27N3O5S. The van der Waals surface area contributed by atoms with Gasteiger partial charge in [0.15, 0.2) is 0 Å². The van der Waals surface area contributed by atoms with Crippen molar-refractivity contribution in [2.75, 3.05) is 26.2 Å². The number of amides is 1. The first-order valence-corrected chi connectivity index (χ1v) is 11.6. The summed E-state index contributed by atoms with van der Waals surface area (Å²) in [6.45, 7) is 0.939. The van der Waals surface area contributed by atoms with Crippen LogP contribution >= 0.6 is 0 Å². The van der Waals surface area contributed by atoms with Crippen LogP contribution in [0.15, 0.2) is 59.5 Å². The van der Waals surface area contributed by atoms with E-state index in [9.17, 15) is 18.0 Å². The van der Waals surface area contributed by atoms with E-state index < -0.39 is 22.0 Å². The standard InChI is InChI=1S/C22H27N3O5S/c23-20(22(27)28)10-11-21(26)24-12-14-25(15-13-24)31(29,30)19-8-6-18(7-9-19)16-17-4-2-1-3-5-17/h1-9,20H,10-16,23H2,(H,27,28)/t20-/m0/s1. The summed E-state index contributed by atoms with van der Waals surface area (Å²) in [5.41, 5.74) is 7.62. The van der Waals surface area contributed by atoms with Crippen molar-refractivity contribution in [3.05, 3.63) is 65.7 Å². The number of carboxylic acid groups (broad SMARTS) is 1. The van der Waals surface area contributed by atoms with Crippen LogP contribution < -0.4 is 5.73 Å². The normalized spacial score (nSPS) is 16.1. The first-order chi connectivity index (χ1) is 14.8. The maximum Gasteiger partial charge on any atom is 0.320 e. The Morgan fingerprint density at radius 1 is 0.935 bits per heavy atom. The molecular weight excluding hydrogens is 418 g/mol. The Bertz CT molecular complexity index is 1000. The summed E-state index contributed by atoms with van der Waals surface area (Å²) in [7, 11) is -3.64. The van der Waals surface area contributed by atoms with Gasteiger partial charge in [-0.25, -0.2) is 8.42 Å². The summed E-state index contributed by atoms with van der Waals surface area (Å²) < 4.78 is 27.3. The molecule has 0 aliphatic carbocycles. The van der Waals surface area contributed by atoms with E-state index in [-0.39, 0.29) is 49.8 Å². The van der Waals surface area contributed by atoms with Gasteiger partial charge in [-0.2, -0.15) is 4.31 Å². The van der Waals surface area contributed by atoms with Crippen LogP contribution in [-0.4, -0.2) is 66.8 Å². The minimum Gasteiger partial charge on any atom is -0.480 e. The third kappa shape index (κ3) is 5.90. The fraction of sp³-hybridized carbons (Fsp3) is 0.364. The highest BCUT2D eigenvalue weighted by molar-refractivity contribution is 7.89. The van der Waals surface area contributed by atoms with Crippen molar-refractivity contribution in [3.63, 3.8) is 0 Å². The monoisotopic (exact) mass is 445 g/mol. The lowest BCUT2D eigenvalue weighted by Crippen LogP contribution is -2.50. The van der Waals surface area contributed by atoms with Crippen LogP contribution in [0, 0.1) is 0 Å². The summed E-state index contributed by atoms with van der Waals surface area (Å²) in [5.74, 6) is -1.35. The Morgan fingerprint density at radius 2 is 1.52 bits per heavy atom. The molecule has 166 valence electrons. The molecule has 3 N–H and O–H groups in total. The minimum atomic E-state index is -3.64. The summed E-state index contributed by atoms with van der Waals surface area (Å²) in [6.07, 6.45) is 0.818. The number of carbonyl (C=O) groups excluding carboxylic acids is 1. The van der Waals surface area contributed by atoms with Gasteiger partial charge in [0.25, 0.3) is 0 Å². The molecule has 0 radical (unpaired) electrons. The van der Waals surface area contributed by atoms with Crippen LogP contribution in [0.5, 0.6) is 0 Å². The molecule has 0 spiro atoms. The SMILES string of the molecule is N[C@@H](CCC(=O)N1CCN(S(=O)(=O)c2ccc(Cc3ccccc3)cc2)CC1)C(=O)O. The highest BCUT2D eigenvalue weighted by Crippen LogP contribution is 2.20. The van der Waals surface area contributed by atoms with Gasteiger partial charge in [-0.1, -0.05) is 42.5 Å². The number of aliphatic carboxylic acids is 1. The van der Waals surface area contributed by atoms with E-state index in [2.05, 4.69) is 0 Å². The van der Waals surface area contributed by atoms with E-state index in [0.717, 1.165) is 17.5 Å². The quantitative estimate of drug-likeness (QED) is 0.632. The van der Waals surface area contributed by atoms with Crippen molar-refractivity contribution < 1.29 is 23.1 Å². The Labute approximate surface area is 182 Å². The highest BCUT2D eigenvalue weighted by Gasteiger charge is 2.30. The summed E-state index contributed by atoms with van der Waals surface area (Å²) in [6, 6.07) is 15.8. The fourth-order valence-corrected chi connectivity index (χ4v) is 4.92. The van der Waals surface area contributed by atoms with Crippen molar-refractivity contribution in [1.29, 1.82) is 0 Å². The number of carbonyl (C=O) groups is 2. The Hall–Kier alpha value is -2.75. The molecule has 1 heterocycles. The molecule has 0 unspecified atom stereocenters. The number of nitrogens with two attached hydrogens (primary N) is 1. The van der Waals surface area contributed by atoms with E-state index >= 15 is 0 Å². The van der Waals surface area contributed by atoms with Crippen LogP contribution in [0.1, 0.15) is 24.0 Å². The lowest BCUT2D eigenvalue weighted by molar-refractivity contribution is -0.139. The predicted molar refractivity (Wildman–Crippen MR) is 116 cm³/mol. The lowest BCUT2D eigenvalue weighted by atomic mass is 10.1. The maximum atomic E-state index is 13.0. The number of piperazine rings is 1. The molecule has 1 fully saturated rings. The molecule has 1 saturated heterocycles. The smallest absolute Gasteiger partial charge is 0.320 e. The first kappa shape index (κ1) is 22.9. The predicted octanol–water partition coefficient (Wildman–Crippen LogP) is 1.30. The molecule has 9 heteroatoms. The zero-order valence-electron chi connectivity index (χ0n) is 17.2. The van der Waals surface area contributed by atoms with Gasteiger partial charge in [0.2, 0.25) is 15.9 Å². The molecule has 1 atom stereocenters. The molecule has 1 aliphatic rings. The first-order valence-electron chi connectivity index (χ1n) is 10.2. The zero-order chi connectivity index (χ0) is 22.4. The van der Waals surface area contributed by atoms with E-state index in [0.29, 0.717) is 0 Å². The van der Waals surface area contributed by atoms with Gasteiger partial charge in [-0.05, 0) is 36.1 Å². The molecule has 2 aromatic rings. The van der Waals surface area contributed by atoms with Crippen LogP contribution in [0.3, 0.4) is 0 Å². The van der Waals surface area contributed by atoms with Crippen molar-refractivity contribution in [2.24, 2.45) is 5.73 Å². The number of carboxylic acids is 1. The average molecular weight is 446 g/mol. The molecule has 1 aliphatic heterocycles. The summed E-state index contributed by atoms with van der Waals surface area (Å²) >= 11 is 0. The third-order valence-corrected chi connectivity index (χ3v) is 7.30. The van der Waals surface area contributed by atoms with Crippen LogP contribution in [0.25, 0.3) is 0 Å². The fourth-order valence-electron chi connectivity index (χ4n) is 3.50. The second-order valence-electron chi connectivity index (χ2n) is 7.57. The van der Waals surface area contributed by atoms with Gasteiger partial charge in [-0.3, -0.25) is 9.59 Å². The minimum absolute atomic E-state index is 0.0308. The Kier molecular flexibility index (Phi) is 7.42. The number of benzene rings is 2. The molecule has 0 aromatic heterocycles. The maximum absolute atomic E-state index is 13.0. The summed E-state index contributed by atoms with van der Waals surface area (Å²) in [4.78, 5) is 24.8. The van der Waals surface area contributed by atoms with E-state index in [1.54, 1.807) is 17.0 Å². The summed E-state index contributed by atoms with van der Waals surface area (Å²) in [5, 5.41) is 8.81. The molecule has 3 rings (SSSR count).